The Kier molecular flexibility index (Phi) is 11.6. The van der Waals surface area contributed by atoms with Crippen molar-refractivity contribution in [3.8, 4) is 0 Å². The molecular formula is C18H38N4O4. The molecule has 2 amide bonds. The second-order valence-corrected chi connectivity index (χ2v) is 8.05. The van der Waals surface area contributed by atoms with Gasteiger partial charge in [-0.15, -0.1) is 0 Å². The normalized spacial score (nSPS) is 14.4. The van der Waals surface area contributed by atoms with E-state index >= 15 is 0 Å². The molecule has 0 aromatic carbocycles. The van der Waals surface area contributed by atoms with Crippen LogP contribution in [0.2, 0.25) is 0 Å². The van der Waals surface area contributed by atoms with E-state index in [1.54, 1.807) is 0 Å². The van der Waals surface area contributed by atoms with E-state index in [1.165, 1.54) is 0 Å². The highest BCUT2D eigenvalue weighted by atomic mass is 16.5. The summed E-state index contributed by atoms with van der Waals surface area (Å²) in [6, 6.07) is -0.391. The highest BCUT2D eigenvalue weighted by molar-refractivity contribution is 5.82. The van der Waals surface area contributed by atoms with E-state index in [-0.39, 0.29) is 36.4 Å². The van der Waals surface area contributed by atoms with Gasteiger partial charge in [-0.2, -0.15) is 0 Å². The van der Waals surface area contributed by atoms with Crippen LogP contribution in [0.4, 0.5) is 0 Å². The number of hydrogen-bond donors (Lipinski definition) is 6. The monoisotopic (exact) mass is 374 g/mol. The van der Waals surface area contributed by atoms with Gasteiger partial charge < -0.3 is 31.5 Å². The van der Waals surface area contributed by atoms with Crippen molar-refractivity contribution in [2.24, 2.45) is 5.92 Å². The Balaban J connectivity index is 4.28. The third-order valence-corrected chi connectivity index (χ3v) is 4.02. The molecule has 8 nitrogen and oxygen atoms in total. The van der Waals surface area contributed by atoms with Gasteiger partial charge in [-0.05, 0) is 46.5 Å². The summed E-state index contributed by atoms with van der Waals surface area (Å²) in [6.45, 7) is 12.9. The Bertz CT molecular complexity index is 422. The molecule has 0 spiro atoms. The fourth-order valence-corrected chi connectivity index (χ4v) is 2.03. The smallest absolute Gasteiger partial charge is 0.237 e. The van der Waals surface area contributed by atoms with Crippen LogP contribution in [0.25, 0.3) is 0 Å². The van der Waals surface area contributed by atoms with Gasteiger partial charge in [0, 0.05) is 24.7 Å². The summed E-state index contributed by atoms with van der Waals surface area (Å²) in [5, 5.41) is 29.9. The minimum atomic E-state index is -1.43. The zero-order chi connectivity index (χ0) is 20.3. The molecule has 0 heterocycles. The molecule has 26 heavy (non-hydrogen) atoms. The molecule has 8 heteroatoms. The second kappa shape index (κ2) is 12.2. The largest absolute Gasteiger partial charge is 0.368 e. The van der Waals surface area contributed by atoms with E-state index in [2.05, 4.69) is 35.1 Å². The predicted octanol–water partition coefficient (Wildman–Crippen LogP) is -0.299. The summed E-state index contributed by atoms with van der Waals surface area (Å²) in [5.41, 5.74) is -0.130. The first-order valence-electron chi connectivity index (χ1n) is 9.34. The number of aliphatic hydroxyl groups is 2. The van der Waals surface area contributed by atoms with Gasteiger partial charge in [0.2, 0.25) is 11.8 Å². The predicted molar refractivity (Wildman–Crippen MR) is 102 cm³/mol. The van der Waals surface area contributed by atoms with Crippen molar-refractivity contribution >= 4 is 11.8 Å². The highest BCUT2D eigenvalue weighted by Crippen LogP contribution is 2.06. The van der Waals surface area contributed by atoms with Gasteiger partial charge in [-0.1, -0.05) is 13.8 Å². The Morgan fingerprint density at radius 2 is 1.54 bits per heavy atom. The maximum atomic E-state index is 12.4. The van der Waals surface area contributed by atoms with E-state index in [4.69, 9.17) is 10.2 Å². The zero-order valence-corrected chi connectivity index (χ0v) is 17.1. The first-order chi connectivity index (χ1) is 11.9. The van der Waals surface area contributed by atoms with Crippen LogP contribution in [0.3, 0.4) is 0 Å². The molecule has 0 aliphatic carbocycles. The van der Waals surface area contributed by atoms with E-state index in [1.807, 2.05) is 27.7 Å². The van der Waals surface area contributed by atoms with Crippen LogP contribution in [0, 0.1) is 5.92 Å². The van der Waals surface area contributed by atoms with E-state index < -0.39 is 12.3 Å². The molecule has 0 aromatic heterocycles. The molecule has 0 bridgehead atoms. The molecular weight excluding hydrogens is 336 g/mol. The minimum absolute atomic E-state index is 0.116. The van der Waals surface area contributed by atoms with Crippen molar-refractivity contribution in [1.29, 1.82) is 0 Å². The highest BCUT2D eigenvalue weighted by Gasteiger charge is 2.22. The number of nitrogens with one attached hydrogen (secondary N) is 4. The Morgan fingerprint density at radius 3 is 2.04 bits per heavy atom. The standard InChI is InChI=1S/C18H38N4O4/c1-12(2)13(3)22-14(7-8-16(24)25)17(26)20-10-9-19-15(23)11-21-18(4,5)6/h12-14,16,21-22,24-25H,7-11H2,1-6H3,(H,19,23)(H,20,26)/t13?,14-/m0/s1. The summed E-state index contributed by atoms with van der Waals surface area (Å²) in [4.78, 5) is 24.1. The number of rotatable bonds is 12. The quantitative estimate of drug-likeness (QED) is 0.206. The minimum Gasteiger partial charge on any atom is -0.368 e. The van der Waals surface area contributed by atoms with Crippen molar-refractivity contribution in [3.63, 3.8) is 0 Å². The third kappa shape index (κ3) is 13.0. The molecule has 0 radical (unpaired) electrons. The van der Waals surface area contributed by atoms with Crippen molar-refractivity contribution in [2.45, 2.75) is 78.3 Å². The molecule has 0 rings (SSSR count). The van der Waals surface area contributed by atoms with Gasteiger partial charge in [0.25, 0.3) is 0 Å². The lowest BCUT2D eigenvalue weighted by Gasteiger charge is -2.25. The van der Waals surface area contributed by atoms with Crippen LogP contribution >= 0.6 is 0 Å². The molecule has 0 saturated carbocycles. The molecule has 0 aromatic rings. The second-order valence-electron chi connectivity index (χ2n) is 8.05. The Labute approximate surface area is 157 Å². The summed E-state index contributed by atoms with van der Waals surface area (Å²) in [7, 11) is 0. The first-order valence-corrected chi connectivity index (χ1v) is 9.34. The van der Waals surface area contributed by atoms with Gasteiger partial charge in [0.1, 0.15) is 0 Å². The van der Waals surface area contributed by atoms with Crippen LogP contribution < -0.4 is 21.3 Å². The average Bonchev–Trinajstić information content (AvgIpc) is 2.51. The number of hydrogen-bond acceptors (Lipinski definition) is 6. The lowest BCUT2D eigenvalue weighted by molar-refractivity contribution is -0.124. The fraction of sp³-hybridized carbons (Fsp3) is 0.889. The summed E-state index contributed by atoms with van der Waals surface area (Å²) in [6.07, 6.45) is -0.996. The van der Waals surface area contributed by atoms with E-state index in [0.717, 1.165) is 0 Å². The number of carbonyl (C=O) groups excluding carboxylic acids is 2. The molecule has 154 valence electrons. The molecule has 0 fully saturated rings. The topological polar surface area (TPSA) is 123 Å². The number of carbonyl (C=O) groups is 2. The van der Waals surface area contributed by atoms with Gasteiger partial charge in [0.15, 0.2) is 6.29 Å². The average molecular weight is 375 g/mol. The Hall–Kier alpha value is -1.22. The molecule has 0 aliphatic heterocycles. The van der Waals surface area contributed by atoms with Crippen LogP contribution in [0.1, 0.15) is 54.4 Å². The van der Waals surface area contributed by atoms with Gasteiger partial charge in [-0.25, -0.2) is 0 Å². The SMILES string of the molecule is CC(C)C(C)N[C@@H](CCC(O)O)C(=O)NCCNC(=O)CNC(C)(C)C. The molecule has 0 aliphatic rings. The van der Waals surface area contributed by atoms with Crippen molar-refractivity contribution in [3.05, 3.63) is 0 Å². The van der Waals surface area contributed by atoms with Crippen molar-refractivity contribution in [1.82, 2.24) is 21.3 Å². The van der Waals surface area contributed by atoms with Crippen LogP contribution in [-0.2, 0) is 9.59 Å². The van der Waals surface area contributed by atoms with E-state index in [0.29, 0.717) is 25.4 Å². The maximum absolute atomic E-state index is 12.4. The van der Waals surface area contributed by atoms with Crippen LogP contribution in [0.15, 0.2) is 0 Å². The summed E-state index contributed by atoms with van der Waals surface area (Å²) >= 11 is 0. The summed E-state index contributed by atoms with van der Waals surface area (Å²) < 4.78 is 0. The molecule has 1 unspecified atom stereocenters. The fourth-order valence-electron chi connectivity index (χ4n) is 2.03. The van der Waals surface area contributed by atoms with Gasteiger partial charge in [0.05, 0.1) is 12.6 Å². The lowest BCUT2D eigenvalue weighted by atomic mass is 10.0. The van der Waals surface area contributed by atoms with Crippen LogP contribution in [-0.4, -0.2) is 65.6 Å². The third-order valence-electron chi connectivity index (χ3n) is 4.02. The van der Waals surface area contributed by atoms with Crippen LogP contribution in [0.5, 0.6) is 0 Å². The first kappa shape index (κ1) is 24.8. The van der Waals surface area contributed by atoms with Crippen molar-refractivity contribution in [2.75, 3.05) is 19.6 Å². The molecule has 0 saturated heterocycles. The number of aliphatic hydroxyl groups excluding tert-OH is 1. The zero-order valence-electron chi connectivity index (χ0n) is 17.1. The molecule has 2 atom stereocenters. The van der Waals surface area contributed by atoms with Gasteiger partial charge >= 0.3 is 0 Å². The summed E-state index contributed by atoms with van der Waals surface area (Å²) in [5.74, 6) is 0.0138. The van der Waals surface area contributed by atoms with E-state index in [9.17, 15) is 9.59 Å². The van der Waals surface area contributed by atoms with Crippen molar-refractivity contribution < 1.29 is 19.8 Å². The lowest BCUT2D eigenvalue weighted by Crippen LogP contribution is -2.50. The molecule has 6 N–H and O–H groups in total. The maximum Gasteiger partial charge on any atom is 0.237 e. The number of amides is 2. The Morgan fingerprint density at radius 1 is 0.962 bits per heavy atom. The van der Waals surface area contributed by atoms with Gasteiger partial charge in [-0.3, -0.25) is 9.59 Å².